The zero-order chi connectivity index (χ0) is 17.8. The molecule has 1 heterocycles. The molecule has 1 atom stereocenters. The van der Waals surface area contributed by atoms with Crippen LogP contribution < -0.4 is 19.7 Å². The molecule has 5 nitrogen and oxygen atoms in total. The molecule has 0 aromatic heterocycles. The van der Waals surface area contributed by atoms with Gasteiger partial charge in [0, 0.05) is 30.8 Å². The summed E-state index contributed by atoms with van der Waals surface area (Å²) in [6.07, 6.45) is 1.01. The molecular weight excluding hydrogens is 316 g/mol. The van der Waals surface area contributed by atoms with Gasteiger partial charge in [-0.15, -0.1) is 0 Å². The second kappa shape index (κ2) is 7.47. The van der Waals surface area contributed by atoms with Crippen molar-refractivity contribution >= 4 is 17.3 Å². The van der Waals surface area contributed by atoms with Crippen molar-refractivity contribution in [2.75, 3.05) is 30.4 Å². The smallest absolute Gasteiger partial charge is 0.243 e. The number of likely N-dealkylation sites (N-methyl/N-ethyl adjacent to an activating group) is 1. The summed E-state index contributed by atoms with van der Waals surface area (Å²) in [5.74, 6) is 1.41. The first-order chi connectivity index (χ1) is 12.1. The fourth-order valence-corrected chi connectivity index (χ4v) is 2.99. The molecule has 2 aromatic carbocycles. The maximum atomic E-state index is 12.5. The number of hydrogen-bond acceptors (Lipinski definition) is 4. The van der Waals surface area contributed by atoms with Crippen LogP contribution in [-0.4, -0.2) is 32.2 Å². The SMILES string of the molecule is CCOc1cc2c(cc1NC(=O)CN(C)c1ccccc1)OC(C)C2. The number of hydrogen-bond donors (Lipinski definition) is 1. The Morgan fingerprint density at radius 1 is 1.32 bits per heavy atom. The van der Waals surface area contributed by atoms with Crippen molar-refractivity contribution in [1.82, 2.24) is 0 Å². The lowest BCUT2D eigenvalue weighted by atomic mass is 10.1. The van der Waals surface area contributed by atoms with Gasteiger partial charge in [-0.3, -0.25) is 4.79 Å². The molecule has 5 heteroatoms. The lowest BCUT2D eigenvalue weighted by Gasteiger charge is -2.19. The minimum absolute atomic E-state index is 0.0988. The molecule has 1 unspecified atom stereocenters. The molecule has 0 saturated carbocycles. The number of benzene rings is 2. The predicted octanol–water partition coefficient (Wildman–Crippen LogP) is 3.48. The highest BCUT2D eigenvalue weighted by molar-refractivity contribution is 5.95. The molecule has 0 aliphatic carbocycles. The zero-order valence-corrected chi connectivity index (χ0v) is 14.9. The van der Waals surface area contributed by atoms with Gasteiger partial charge in [0.25, 0.3) is 0 Å². The Hall–Kier alpha value is -2.69. The number of nitrogens with one attached hydrogen (secondary N) is 1. The number of ether oxygens (including phenoxy) is 2. The first kappa shape index (κ1) is 17.1. The molecule has 0 saturated heterocycles. The van der Waals surface area contributed by atoms with Crippen LogP contribution in [-0.2, 0) is 11.2 Å². The monoisotopic (exact) mass is 340 g/mol. The second-order valence-electron chi connectivity index (χ2n) is 6.26. The zero-order valence-electron chi connectivity index (χ0n) is 14.9. The molecule has 1 amide bonds. The lowest BCUT2D eigenvalue weighted by molar-refractivity contribution is -0.114. The molecule has 25 heavy (non-hydrogen) atoms. The second-order valence-corrected chi connectivity index (χ2v) is 6.26. The fraction of sp³-hybridized carbons (Fsp3) is 0.350. The van der Waals surface area contributed by atoms with Crippen LogP contribution in [0.1, 0.15) is 19.4 Å². The number of para-hydroxylation sites is 1. The summed E-state index contributed by atoms with van der Waals surface area (Å²) >= 11 is 0. The maximum absolute atomic E-state index is 12.5. The third-order valence-corrected chi connectivity index (χ3v) is 4.15. The first-order valence-corrected chi connectivity index (χ1v) is 8.59. The summed E-state index contributed by atoms with van der Waals surface area (Å²) in [5, 5.41) is 2.95. The minimum Gasteiger partial charge on any atom is -0.492 e. The van der Waals surface area contributed by atoms with Gasteiger partial charge in [-0.1, -0.05) is 18.2 Å². The number of rotatable bonds is 6. The van der Waals surface area contributed by atoms with Crippen molar-refractivity contribution in [3.63, 3.8) is 0 Å². The Balaban J connectivity index is 1.73. The van der Waals surface area contributed by atoms with E-state index in [1.54, 1.807) is 0 Å². The molecule has 1 aliphatic heterocycles. The van der Waals surface area contributed by atoms with Gasteiger partial charge in [-0.05, 0) is 32.0 Å². The van der Waals surface area contributed by atoms with E-state index >= 15 is 0 Å². The summed E-state index contributed by atoms with van der Waals surface area (Å²) in [7, 11) is 1.89. The van der Waals surface area contributed by atoms with Gasteiger partial charge in [0.05, 0.1) is 18.8 Å². The van der Waals surface area contributed by atoms with E-state index in [4.69, 9.17) is 9.47 Å². The minimum atomic E-state index is -0.0988. The van der Waals surface area contributed by atoms with Gasteiger partial charge in [0.1, 0.15) is 17.6 Å². The van der Waals surface area contributed by atoms with Crippen molar-refractivity contribution in [3.8, 4) is 11.5 Å². The molecule has 132 valence electrons. The van der Waals surface area contributed by atoms with E-state index in [-0.39, 0.29) is 18.6 Å². The molecule has 3 rings (SSSR count). The van der Waals surface area contributed by atoms with Crippen LogP contribution in [0.3, 0.4) is 0 Å². The summed E-state index contributed by atoms with van der Waals surface area (Å²) < 4.78 is 11.5. The Morgan fingerprint density at radius 2 is 2.08 bits per heavy atom. The van der Waals surface area contributed by atoms with E-state index in [1.807, 2.05) is 68.3 Å². The number of fused-ring (bicyclic) bond motifs is 1. The molecular formula is C20H24N2O3. The van der Waals surface area contributed by atoms with E-state index in [0.717, 1.165) is 23.4 Å². The molecule has 0 radical (unpaired) electrons. The van der Waals surface area contributed by atoms with E-state index in [9.17, 15) is 4.79 Å². The number of carbonyl (C=O) groups excluding carboxylic acids is 1. The topological polar surface area (TPSA) is 50.8 Å². The van der Waals surface area contributed by atoms with Crippen LogP contribution in [0, 0.1) is 0 Å². The number of amides is 1. The number of nitrogens with zero attached hydrogens (tertiary/aromatic N) is 1. The number of carbonyl (C=O) groups is 1. The standard InChI is InChI=1S/C20H24N2O3/c1-4-24-19-11-15-10-14(2)25-18(15)12-17(19)21-20(23)13-22(3)16-8-6-5-7-9-16/h5-9,11-12,14H,4,10,13H2,1-3H3,(H,21,23). The van der Waals surface area contributed by atoms with Crippen molar-refractivity contribution in [2.45, 2.75) is 26.4 Å². The first-order valence-electron chi connectivity index (χ1n) is 8.59. The fourth-order valence-electron chi connectivity index (χ4n) is 2.99. The van der Waals surface area contributed by atoms with Gasteiger partial charge in [0.15, 0.2) is 0 Å². The van der Waals surface area contributed by atoms with Gasteiger partial charge in [-0.2, -0.15) is 0 Å². The van der Waals surface area contributed by atoms with Crippen LogP contribution in [0.2, 0.25) is 0 Å². The highest BCUT2D eigenvalue weighted by atomic mass is 16.5. The molecule has 1 aliphatic rings. The van der Waals surface area contributed by atoms with E-state index in [2.05, 4.69) is 5.32 Å². The molecule has 0 fully saturated rings. The largest absolute Gasteiger partial charge is 0.492 e. The third-order valence-electron chi connectivity index (χ3n) is 4.15. The summed E-state index contributed by atoms with van der Waals surface area (Å²) in [5.41, 5.74) is 2.77. The van der Waals surface area contributed by atoms with Crippen LogP contribution in [0.25, 0.3) is 0 Å². The van der Waals surface area contributed by atoms with Crippen LogP contribution in [0.15, 0.2) is 42.5 Å². The normalized spacial score (nSPS) is 15.2. The lowest BCUT2D eigenvalue weighted by Crippen LogP contribution is -2.30. The van der Waals surface area contributed by atoms with E-state index in [1.165, 1.54) is 0 Å². The van der Waals surface area contributed by atoms with Gasteiger partial charge >= 0.3 is 0 Å². The molecule has 0 bridgehead atoms. The third kappa shape index (κ3) is 4.05. The highest BCUT2D eigenvalue weighted by Gasteiger charge is 2.22. The Labute approximate surface area is 148 Å². The van der Waals surface area contributed by atoms with Crippen molar-refractivity contribution in [3.05, 3.63) is 48.0 Å². The predicted molar refractivity (Wildman–Crippen MR) is 99.7 cm³/mol. The van der Waals surface area contributed by atoms with Gasteiger partial charge in [0.2, 0.25) is 5.91 Å². The van der Waals surface area contributed by atoms with Gasteiger partial charge in [-0.25, -0.2) is 0 Å². The quantitative estimate of drug-likeness (QED) is 0.875. The van der Waals surface area contributed by atoms with Crippen LogP contribution in [0.4, 0.5) is 11.4 Å². The molecule has 2 aromatic rings. The average molecular weight is 340 g/mol. The number of anilines is 2. The molecule has 1 N–H and O–H groups in total. The average Bonchev–Trinajstić information content (AvgIpc) is 2.95. The van der Waals surface area contributed by atoms with Crippen LogP contribution >= 0.6 is 0 Å². The maximum Gasteiger partial charge on any atom is 0.243 e. The summed E-state index contributed by atoms with van der Waals surface area (Å²) in [4.78, 5) is 14.4. The highest BCUT2D eigenvalue weighted by Crippen LogP contribution is 2.38. The van der Waals surface area contributed by atoms with E-state index < -0.39 is 0 Å². The van der Waals surface area contributed by atoms with E-state index in [0.29, 0.717) is 18.0 Å². The Kier molecular flexibility index (Phi) is 5.12. The molecule has 0 spiro atoms. The Morgan fingerprint density at radius 3 is 2.80 bits per heavy atom. The van der Waals surface area contributed by atoms with Gasteiger partial charge < -0.3 is 19.7 Å². The van der Waals surface area contributed by atoms with Crippen molar-refractivity contribution in [1.29, 1.82) is 0 Å². The van der Waals surface area contributed by atoms with Crippen molar-refractivity contribution < 1.29 is 14.3 Å². The van der Waals surface area contributed by atoms with Crippen molar-refractivity contribution in [2.24, 2.45) is 0 Å². The van der Waals surface area contributed by atoms with Crippen LogP contribution in [0.5, 0.6) is 11.5 Å². The summed E-state index contributed by atoms with van der Waals surface area (Å²) in [6.45, 7) is 4.76. The summed E-state index contributed by atoms with van der Waals surface area (Å²) in [6, 6.07) is 13.7. The Bertz CT molecular complexity index is 746.